The van der Waals surface area contributed by atoms with Gasteiger partial charge < -0.3 is 10.8 Å². The van der Waals surface area contributed by atoms with Gasteiger partial charge in [0.05, 0.1) is 0 Å². The molecule has 88 valence electrons. The smallest absolute Gasteiger partial charge is 0.104 e. The van der Waals surface area contributed by atoms with Gasteiger partial charge in [0, 0.05) is 6.54 Å². The molecule has 0 amide bonds. The summed E-state index contributed by atoms with van der Waals surface area (Å²) in [7, 11) is 0. The van der Waals surface area contributed by atoms with Crippen LogP contribution in [0.5, 0.6) is 0 Å². The zero-order valence-corrected chi connectivity index (χ0v) is 9.93. The first-order valence-corrected chi connectivity index (χ1v) is 5.75. The van der Waals surface area contributed by atoms with Gasteiger partial charge in [0.2, 0.25) is 0 Å². The molecule has 0 radical (unpaired) electrons. The van der Waals surface area contributed by atoms with Crippen LogP contribution in [0.15, 0.2) is 48.5 Å². The van der Waals surface area contributed by atoms with Crippen molar-refractivity contribution in [3.63, 3.8) is 0 Å². The van der Waals surface area contributed by atoms with E-state index in [-0.39, 0.29) is 0 Å². The molecule has 0 spiro atoms. The molecule has 0 fully saturated rings. The van der Waals surface area contributed by atoms with E-state index < -0.39 is 6.10 Å². The lowest BCUT2D eigenvalue weighted by atomic mass is 9.96. The zero-order valence-electron chi connectivity index (χ0n) is 9.93. The van der Waals surface area contributed by atoms with Gasteiger partial charge >= 0.3 is 0 Å². The number of nitrogens with two attached hydrogens (primary N) is 1. The summed E-state index contributed by atoms with van der Waals surface area (Å²) in [6.07, 6.45) is -0.581. The Morgan fingerprint density at radius 2 is 1.88 bits per heavy atom. The lowest BCUT2D eigenvalue weighted by Crippen LogP contribution is -2.04. The van der Waals surface area contributed by atoms with Crippen LogP contribution in [0.25, 0.3) is 0 Å². The number of hydrogen-bond donors (Lipinski definition) is 2. The molecule has 0 saturated heterocycles. The molecule has 2 nitrogen and oxygen atoms in total. The highest BCUT2D eigenvalue weighted by Crippen LogP contribution is 2.24. The van der Waals surface area contributed by atoms with Crippen LogP contribution in [0.3, 0.4) is 0 Å². The second-order valence-electron chi connectivity index (χ2n) is 4.21. The van der Waals surface area contributed by atoms with Crippen molar-refractivity contribution in [2.75, 3.05) is 0 Å². The summed E-state index contributed by atoms with van der Waals surface area (Å²) in [5.41, 5.74) is 9.58. The van der Waals surface area contributed by atoms with E-state index in [4.69, 9.17) is 5.73 Å². The Morgan fingerprint density at radius 3 is 2.59 bits per heavy atom. The fourth-order valence-corrected chi connectivity index (χ4v) is 1.96. The van der Waals surface area contributed by atoms with E-state index in [2.05, 4.69) is 0 Å². The van der Waals surface area contributed by atoms with Gasteiger partial charge in [-0.25, -0.2) is 0 Å². The molecule has 0 aliphatic heterocycles. The summed E-state index contributed by atoms with van der Waals surface area (Å²) in [6, 6.07) is 15.7. The van der Waals surface area contributed by atoms with Crippen LogP contribution in [-0.4, -0.2) is 5.11 Å². The highest BCUT2D eigenvalue weighted by Gasteiger charge is 2.12. The topological polar surface area (TPSA) is 46.2 Å². The molecule has 1 unspecified atom stereocenters. The van der Waals surface area contributed by atoms with Gasteiger partial charge in [-0.3, -0.25) is 0 Å². The lowest BCUT2D eigenvalue weighted by molar-refractivity contribution is 0.219. The molecular formula is C15H17NO. The summed E-state index contributed by atoms with van der Waals surface area (Å²) >= 11 is 0. The minimum Gasteiger partial charge on any atom is -0.384 e. The van der Waals surface area contributed by atoms with Gasteiger partial charge in [0.1, 0.15) is 6.10 Å². The Bertz CT molecular complexity index is 508. The quantitative estimate of drug-likeness (QED) is 0.846. The molecule has 17 heavy (non-hydrogen) atoms. The van der Waals surface area contributed by atoms with Crippen LogP contribution in [-0.2, 0) is 6.54 Å². The molecule has 1 atom stereocenters. The summed E-state index contributed by atoms with van der Waals surface area (Å²) in [5.74, 6) is 0. The fraction of sp³-hybridized carbons (Fsp3) is 0.200. The molecule has 0 aliphatic rings. The average molecular weight is 227 g/mol. The maximum atomic E-state index is 10.4. The Balaban J connectivity index is 2.37. The highest BCUT2D eigenvalue weighted by atomic mass is 16.3. The van der Waals surface area contributed by atoms with Crippen LogP contribution >= 0.6 is 0 Å². The first-order chi connectivity index (χ1) is 8.22. The van der Waals surface area contributed by atoms with Gasteiger partial charge in [-0.05, 0) is 29.2 Å². The Hall–Kier alpha value is -1.64. The van der Waals surface area contributed by atoms with Crippen molar-refractivity contribution >= 4 is 0 Å². The summed E-state index contributed by atoms with van der Waals surface area (Å²) in [6.45, 7) is 2.50. The van der Waals surface area contributed by atoms with E-state index in [0.717, 1.165) is 22.3 Å². The molecule has 0 bridgehead atoms. The maximum Gasteiger partial charge on any atom is 0.104 e. The van der Waals surface area contributed by atoms with Crippen molar-refractivity contribution in [2.45, 2.75) is 19.6 Å². The lowest BCUT2D eigenvalue weighted by Gasteiger charge is -2.14. The third-order valence-corrected chi connectivity index (χ3v) is 2.99. The number of benzene rings is 2. The summed E-state index contributed by atoms with van der Waals surface area (Å²) in [4.78, 5) is 0. The van der Waals surface area contributed by atoms with Crippen LogP contribution in [0.2, 0.25) is 0 Å². The van der Waals surface area contributed by atoms with Crippen LogP contribution in [0.4, 0.5) is 0 Å². The van der Waals surface area contributed by atoms with E-state index in [1.807, 2.05) is 55.5 Å². The standard InChI is InChI=1S/C15H17NO/c1-11-5-2-3-8-14(11)15(17)13-7-4-6-12(9-13)10-16/h2-9,15,17H,10,16H2,1H3. The first-order valence-electron chi connectivity index (χ1n) is 5.75. The second kappa shape index (κ2) is 5.13. The largest absolute Gasteiger partial charge is 0.384 e. The van der Waals surface area contributed by atoms with E-state index in [0.29, 0.717) is 6.54 Å². The number of rotatable bonds is 3. The van der Waals surface area contributed by atoms with Crippen molar-refractivity contribution in [2.24, 2.45) is 5.73 Å². The maximum absolute atomic E-state index is 10.4. The monoisotopic (exact) mass is 227 g/mol. The molecule has 3 N–H and O–H groups in total. The second-order valence-corrected chi connectivity index (χ2v) is 4.21. The minimum absolute atomic E-state index is 0.494. The van der Waals surface area contributed by atoms with Gasteiger partial charge in [-0.2, -0.15) is 0 Å². The predicted octanol–water partition coefficient (Wildman–Crippen LogP) is 2.54. The highest BCUT2D eigenvalue weighted by molar-refractivity contribution is 5.36. The normalized spacial score (nSPS) is 12.4. The van der Waals surface area contributed by atoms with E-state index in [1.165, 1.54) is 0 Å². The molecule has 0 aromatic heterocycles. The summed E-state index contributed by atoms with van der Waals surface area (Å²) < 4.78 is 0. The molecular weight excluding hydrogens is 210 g/mol. The van der Waals surface area contributed by atoms with Gasteiger partial charge in [-0.15, -0.1) is 0 Å². The third-order valence-electron chi connectivity index (χ3n) is 2.99. The number of aliphatic hydroxyl groups excluding tert-OH is 1. The Kier molecular flexibility index (Phi) is 3.57. The van der Waals surface area contributed by atoms with Crippen LogP contribution < -0.4 is 5.73 Å². The predicted molar refractivity (Wildman–Crippen MR) is 69.6 cm³/mol. The first kappa shape index (κ1) is 11.8. The zero-order chi connectivity index (χ0) is 12.3. The average Bonchev–Trinajstić information content (AvgIpc) is 2.38. The number of aliphatic hydroxyl groups is 1. The Morgan fingerprint density at radius 1 is 1.12 bits per heavy atom. The molecule has 2 aromatic rings. The molecule has 2 rings (SSSR count). The van der Waals surface area contributed by atoms with Crippen molar-refractivity contribution < 1.29 is 5.11 Å². The van der Waals surface area contributed by atoms with E-state index in [1.54, 1.807) is 0 Å². The van der Waals surface area contributed by atoms with E-state index >= 15 is 0 Å². The van der Waals surface area contributed by atoms with Crippen LogP contribution in [0.1, 0.15) is 28.4 Å². The molecule has 0 saturated carbocycles. The third kappa shape index (κ3) is 2.54. The van der Waals surface area contributed by atoms with Crippen LogP contribution in [0, 0.1) is 6.92 Å². The van der Waals surface area contributed by atoms with Crippen molar-refractivity contribution in [3.8, 4) is 0 Å². The van der Waals surface area contributed by atoms with Crippen molar-refractivity contribution in [1.82, 2.24) is 0 Å². The molecule has 0 heterocycles. The fourth-order valence-electron chi connectivity index (χ4n) is 1.96. The molecule has 0 aliphatic carbocycles. The molecule has 2 heteroatoms. The van der Waals surface area contributed by atoms with Gasteiger partial charge in [0.15, 0.2) is 0 Å². The SMILES string of the molecule is Cc1ccccc1C(O)c1cccc(CN)c1. The minimum atomic E-state index is -0.581. The van der Waals surface area contributed by atoms with Gasteiger partial charge in [-0.1, -0.05) is 48.5 Å². The van der Waals surface area contributed by atoms with Crippen molar-refractivity contribution in [3.05, 3.63) is 70.8 Å². The Labute approximate surface area is 102 Å². The summed E-state index contributed by atoms with van der Waals surface area (Å²) in [5, 5.41) is 10.4. The van der Waals surface area contributed by atoms with Gasteiger partial charge in [0.25, 0.3) is 0 Å². The van der Waals surface area contributed by atoms with Crippen molar-refractivity contribution in [1.29, 1.82) is 0 Å². The van der Waals surface area contributed by atoms with E-state index in [9.17, 15) is 5.11 Å². The number of aryl methyl sites for hydroxylation is 1. The molecule has 2 aromatic carbocycles. The number of hydrogen-bond acceptors (Lipinski definition) is 2.